The number of rotatable bonds is 4. The second kappa shape index (κ2) is 11.0. The Morgan fingerprint density at radius 1 is 0.346 bits per heavy atom. The van der Waals surface area contributed by atoms with Crippen LogP contribution in [0.4, 0.5) is 0 Å². The lowest BCUT2D eigenvalue weighted by Gasteiger charge is -2.16. The van der Waals surface area contributed by atoms with Crippen LogP contribution in [0.15, 0.2) is 164 Å². The van der Waals surface area contributed by atoms with E-state index in [4.69, 9.17) is 15.0 Å². The van der Waals surface area contributed by atoms with E-state index in [-0.39, 0.29) is 0 Å². The fourth-order valence-electron chi connectivity index (χ4n) is 8.15. The standard InChI is InChI=1S/C46H30N6/c1-29-26-27-43-36(28-29)34-18-6-12-24-41(34)52(43)46-48-44(47-45(49-46)51-39-22-10-4-16-32(39)33-17-5-11-23-40(33)51)35-19-7-13-25-42(35)50-37-20-8-2-14-30(37)31-15-3-9-21-38(31)50/h2-28H,1H3. The highest BCUT2D eigenvalue weighted by Crippen LogP contribution is 2.38. The Morgan fingerprint density at radius 2 is 0.731 bits per heavy atom. The molecule has 11 aromatic rings. The van der Waals surface area contributed by atoms with Crippen molar-refractivity contribution in [2.24, 2.45) is 0 Å². The largest absolute Gasteiger partial charge is 0.309 e. The first kappa shape index (κ1) is 28.8. The highest BCUT2D eigenvalue weighted by molar-refractivity contribution is 6.11. The highest BCUT2D eigenvalue weighted by atomic mass is 15.3. The number of aryl methyl sites for hydroxylation is 1. The van der Waals surface area contributed by atoms with Crippen LogP contribution >= 0.6 is 0 Å². The second-order valence-corrected chi connectivity index (χ2v) is 13.4. The lowest BCUT2D eigenvalue weighted by Crippen LogP contribution is -2.11. The van der Waals surface area contributed by atoms with Crippen molar-refractivity contribution in [3.63, 3.8) is 0 Å². The Hall–Kier alpha value is -7.05. The van der Waals surface area contributed by atoms with E-state index in [0.29, 0.717) is 17.7 Å². The van der Waals surface area contributed by atoms with Gasteiger partial charge in [0.05, 0.1) is 38.8 Å². The van der Waals surface area contributed by atoms with Crippen LogP contribution in [0, 0.1) is 6.92 Å². The third-order valence-electron chi connectivity index (χ3n) is 10.4. The van der Waals surface area contributed by atoms with Crippen LogP contribution in [0.1, 0.15) is 5.56 Å². The molecular formula is C46H30N6. The minimum Gasteiger partial charge on any atom is -0.309 e. The van der Waals surface area contributed by atoms with Gasteiger partial charge in [-0.15, -0.1) is 0 Å². The van der Waals surface area contributed by atoms with Gasteiger partial charge < -0.3 is 4.57 Å². The van der Waals surface area contributed by atoms with E-state index in [0.717, 1.165) is 60.5 Å². The van der Waals surface area contributed by atoms with Crippen molar-refractivity contribution in [1.29, 1.82) is 0 Å². The van der Waals surface area contributed by atoms with Crippen molar-refractivity contribution in [2.75, 3.05) is 0 Å². The van der Waals surface area contributed by atoms with Gasteiger partial charge in [0.2, 0.25) is 11.9 Å². The molecule has 0 unspecified atom stereocenters. The number of hydrogen-bond acceptors (Lipinski definition) is 3. The molecule has 0 N–H and O–H groups in total. The van der Waals surface area contributed by atoms with Crippen molar-refractivity contribution in [3.8, 4) is 29.0 Å². The number of aromatic nitrogens is 6. The average molecular weight is 667 g/mol. The number of hydrogen-bond donors (Lipinski definition) is 0. The van der Waals surface area contributed by atoms with Crippen molar-refractivity contribution in [2.45, 2.75) is 6.92 Å². The minimum atomic E-state index is 0.562. The fourth-order valence-corrected chi connectivity index (χ4v) is 8.15. The maximum absolute atomic E-state index is 5.38. The van der Waals surface area contributed by atoms with Gasteiger partial charge in [0, 0.05) is 37.9 Å². The molecule has 0 atom stereocenters. The molecule has 0 saturated carbocycles. The van der Waals surface area contributed by atoms with Crippen LogP contribution in [0.5, 0.6) is 0 Å². The molecule has 52 heavy (non-hydrogen) atoms. The molecule has 6 nitrogen and oxygen atoms in total. The number of nitrogens with zero attached hydrogens (tertiary/aromatic N) is 6. The quantitative estimate of drug-likeness (QED) is 0.188. The molecule has 0 amide bonds. The molecule has 0 aliphatic heterocycles. The number of benzene rings is 7. The summed E-state index contributed by atoms with van der Waals surface area (Å²) in [4.78, 5) is 16.1. The zero-order chi connectivity index (χ0) is 34.3. The lowest BCUT2D eigenvalue weighted by atomic mass is 10.1. The van der Waals surface area contributed by atoms with Gasteiger partial charge in [-0.1, -0.05) is 115 Å². The van der Waals surface area contributed by atoms with Gasteiger partial charge in [-0.2, -0.15) is 15.0 Å². The summed E-state index contributed by atoms with van der Waals surface area (Å²) in [7, 11) is 0. The molecule has 11 rings (SSSR count). The van der Waals surface area contributed by atoms with E-state index in [9.17, 15) is 0 Å². The van der Waals surface area contributed by atoms with E-state index in [2.05, 4.69) is 184 Å². The van der Waals surface area contributed by atoms with E-state index in [1.165, 1.54) is 21.7 Å². The predicted octanol–water partition coefficient (Wildman–Crippen LogP) is 11.1. The topological polar surface area (TPSA) is 53.5 Å². The smallest absolute Gasteiger partial charge is 0.240 e. The Kier molecular flexibility index (Phi) is 6.07. The zero-order valence-corrected chi connectivity index (χ0v) is 28.3. The summed E-state index contributed by atoms with van der Waals surface area (Å²) in [6, 6.07) is 57.7. The SMILES string of the molecule is Cc1ccc2c(c1)c1ccccc1n2-c1nc(-c2ccccc2-n2c3ccccc3c3ccccc32)nc(-n2c3ccccc3c3ccccc32)n1. The normalized spacial score (nSPS) is 11.9. The molecular weight excluding hydrogens is 637 g/mol. The van der Waals surface area contributed by atoms with Crippen molar-refractivity contribution >= 4 is 65.4 Å². The van der Waals surface area contributed by atoms with Gasteiger partial charge in [-0.05, 0) is 61.5 Å². The fraction of sp³-hybridized carbons (Fsp3) is 0.0217. The van der Waals surface area contributed by atoms with Crippen LogP contribution in [0.25, 0.3) is 94.4 Å². The zero-order valence-electron chi connectivity index (χ0n) is 28.3. The summed E-state index contributed by atoms with van der Waals surface area (Å²) in [5.74, 6) is 1.72. The van der Waals surface area contributed by atoms with Gasteiger partial charge >= 0.3 is 0 Å². The maximum Gasteiger partial charge on any atom is 0.240 e. The summed E-state index contributed by atoms with van der Waals surface area (Å²) in [5.41, 5.74) is 9.56. The van der Waals surface area contributed by atoms with Crippen molar-refractivity contribution in [3.05, 3.63) is 169 Å². The molecule has 0 spiro atoms. The van der Waals surface area contributed by atoms with E-state index in [1.807, 2.05) is 0 Å². The third kappa shape index (κ3) is 4.09. The molecule has 6 heteroatoms. The van der Waals surface area contributed by atoms with E-state index >= 15 is 0 Å². The molecule has 0 bridgehead atoms. The van der Waals surface area contributed by atoms with Crippen LogP contribution in [0.3, 0.4) is 0 Å². The van der Waals surface area contributed by atoms with Crippen molar-refractivity contribution < 1.29 is 0 Å². The van der Waals surface area contributed by atoms with E-state index in [1.54, 1.807) is 0 Å². The van der Waals surface area contributed by atoms with Crippen molar-refractivity contribution in [1.82, 2.24) is 28.7 Å². The first-order valence-corrected chi connectivity index (χ1v) is 17.6. The number of para-hydroxylation sites is 6. The molecule has 7 aromatic carbocycles. The summed E-state index contributed by atoms with van der Waals surface area (Å²) < 4.78 is 6.71. The minimum absolute atomic E-state index is 0.562. The molecule has 0 radical (unpaired) electrons. The number of fused-ring (bicyclic) bond motifs is 9. The summed E-state index contributed by atoms with van der Waals surface area (Å²) in [6.45, 7) is 2.14. The third-order valence-corrected chi connectivity index (χ3v) is 10.4. The lowest BCUT2D eigenvalue weighted by molar-refractivity contribution is 0.892. The second-order valence-electron chi connectivity index (χ2n) is 13.4. The molecule has 4 heterocycles. The molecule has 0 aliphatic carbocycles. The van der Waals surface area contributed by atoms with Gasteiger partial charge in [0.25, 0.3) is 0 Å². The summed E-state index contributed by atoms with van der Waals surface area (Å²) in [6.07, 6.45) is 0. The maximum atomic E-state index is 5.38. The predicted molar refractivity (Wildman–Crippen MR) is 213 cm³/mol. The van der Waals surface area contributed by atoms with Crippen LogP contribution in [0.2, 0.25) is 0 Å². The molecule has 0 saturated heterocycles. The Balaban J connectivity index is 1.27. The molecule has 244 valence electrons. The molecule has 0 fully saturated rings. The molecule has 0 aliphatic rings. The van der Waals surface area contributed by atoms with Crippen LogP contribution in [-0.4, -0.2) is 28.7 Å². The summed E-state index contributed by atoms with van der Waals surface area (Å²) >= 11 is 0. The van der Waals surface area contributed by atoms with E-state index < -0.39 is 0 Å². The first-order chi connectivity index (χ1) is 25.7. The first-order valence-electron chi connectivity index (χ1n) is 17.6. The highest BCUT2D eigenvalue weighted by Gasteiger charge is 2.22. The summed E-state index contributed by atoms with van der Waals surface area (Å²) in [5, 5.41) is 7.04. The monoisotopic (exact) mass is 666 g/mol. The molecule has 4 aromatic heterocycles. The average Bonchev–Trinajstić information content (AvgIpc) is 3.83. The Labute approximate surface area is 298 Å². The van der Waals surface area contributed by atoms with Gasteiger partial charge in [0.15, 0.2) is 5.82 Å². The Bertz CT molecular complexity index is 3110. The van der Waals surface area contributed by atoms with Gasteiger partial charge in [0.1, 0.15) is 0 Å². The van der Waals surface area contributed by atoms with Gasteiger partial charge in [-0.3, -0.25) is 9.13 Å². The Morgan fingerprint density at radius 3 is 1.23 bits per heavy atom. The van der Waals surface area contributed by atoms with Crippen LogP contribution < -0.4 is 0 Å². The van der Waals surface area contributed by atoms with Crippen LogP contribution in [-0.2, 0) is 0 Å². The van der Waals surface area contributed by atoms with Gasteiger partial charge in [-0.25, -0.2) is 0 Å².